The van der Waals surface area contributed by atoms with Crippen LogP contribution in [0, 0.1) is 5.92 Å². The summed E-state index contributed by atoms with van der Waals surface area (Å²) in [5, 5.41) is 5.07. The van der Waals surface area contributed by atoms with Gasteiger partial charge in [0.25, 0.3) is 5.91 Å². The van der Waals surface area contributed by atoms with Crippen LogP contribution in [0.25, 0.3) is 0 Å². The van der Waals surface area contributed by atoms with Crippen molar-refractivity contribution in [1.82, 2.24) is 20.5 Å². The van der Waals surface area contributed by atoms with Gasteiger partial charge >= 0.3 is 11.8 Å². The highest BCUT2D eigenvalue weighted by Gasteiger charge is 2.24. The fraction of sp³-hybridized carbons (Fsp3) is 0.412. The van der Waals surface area contributed by atoms with Crippen molar-refractivity contribution in [2.24, 2.45) is 5.92 Å². The first-order valence-electron chi connectivity index (χ1n) is 7.98. The summed E-state index contributed by atoms with van der Waals surface area (Å²) in [6, 6.07) is 3.41. The molecular formula is C17H22N4O3. The number of piperidine rings is 1. The molecule has 2 heterocycles. The molecule has 0 aliphatic carbocycles. The molecule has 2 rings (SSSR count). The van der Waals surface area contributed by atoms with Crippen molar-refractivity contribution in [3.63, 3.8) is 0 Å². The van der Waals surface area contributed by atoms with Crippen LogP contribution in [0.5, 0.6) is 0 Å². The Labute approximate surface area is 141 Å². The summed E-state index contributed by atoms with van der Waals surface area (Å²) >= 11 is 0. The van der Waals surface area contributed by atoms with E-state index >= 15 is 0 Å². The molecule has 7 heteroatoms. The van der Waals surface area contributed by atoms with Gasteiger partial charge in [0.1, 0.15) is 0 Å². The van der Waals surface area contributed by atoms with Crippen molar-refractivity contribution in [1.29, 1.82) is 0 Å². The number of pyridine rings is 1. The van der Waals surface area contributed by atoms with Crippen LogP contribution in [-0.4, -0.2) is 53.8 Å². The third-order valence-corrected chi connectivity index (χ3v) is 3.99. The van der Waals surface area contributed by atoms with Gasteiger partial charge in [-0.3, -0.25) is 19.4 Å². The minimum atomic E-state index is -0.653. The standard InChI is InChI=1S/C17H22N4O3/c1-2-7-19-15(22)16(23)20-12-13-5-10-21(11-6-13)17(24)14-3-8-18-9-4-14/h2-4,8-9,13H,1,5-7,10-12H2,(H,19,22)(H,20,23). The fourth-order valence-corrected chi connectivity index (χ4v) is 2.58. The van der Waals surface area contributed by atoms with Gasteiger partial charge < -0.3 is 15.5 Å². The van der Waals surface area contributed by atoms with Crippen LogP contribution >= 0.6 is 0 Å². The second-order valence-corrected chi connectivity index (χ2v) is 5.68. The highest BCUT2D eigenvalue weighted by Crippen LogP contribution is 2.18. The molecule has 1 aromatic rings. The lowest BCUT2D eigenvalue weighted by molar-refractivity contribution is -0.139. The molecule has 0 radical (unpaired) electrons. The predicted molar refractivity (Wildman–Crippen MR) is 89.1 cm³/mol. The number of aromatic nitrogens is 1. The molecule has 7 nitrogen and oxygen atoms in total. The molecule has 0 atom stereocenters. The average Bonchev–Trinajstić information content (AvgIpc) is 2.64. The average molecular weight is 330 g/mol. The largest absolute Gasteiger partial charge is 0.348 e. The summed E-state index contributed by atoms with van der Waals surface area (Å²) in [6.45, 7) is 5.47. The molecule has 1 fully saturated rings. The Bertz CT molecular complexity index is 595. The molecule has 0 aromatic carbocycles. The maximum atomic E-state index is 12.3. The lowest BCUT2D eigenvalue weighted by atomic mass is 9.96. The van der Waals surface area contributed by atoms with Crippen molar-refractivity contribution >= 4 is 17.7 Å². The van der Waals surface area contributed by atoms with Gasteiger partial charge in [-0.05, 0) is 30.9 Å². The summed E-state index contributed by atoms with van der Waals surface area (Å²) in [4.78, 5) is 41.1. The Balaban J connectivity index is 1.73. The van der Waals surface area contributed by atoms with Gasteiger partial charge in [-0.25, -0.2) is 0 Å². The van der Waals surface area contributed by atoms with E-state index in [2.05, 4.69) is 22.2 Å². The van der Waals surface area contributed by atoms with Crippen LogP contribution in [0.1, 0.15) is 23.2 Å². The first-order chi connectivity index (χ1) is 11.6. The molecular weight excluding hydrogens is 308 g/mol. The molecule has 3 amide bonds. The van der Waals surface area contributed by atoms with E-state index in [1.807, 2.05) is 4.90 Å². The van der Waals surface area contributed by atoms with Gasteiger partial charge in [0.15, 0.2) is 0 Å². The monoisotopic (exact) mass is 330 g/mol. The number of hydrogen-bond acceptors (Lipinski definition) is 4. The van der Waals surface area contributed by atoms with Gasteiger partial charge in [0.05, 0.1) is 0 Å². The van der Waals surface area contributed by atoms with Gasteiger partial charge in [0.2, 0.25) is 0 Å². The van der Waals surface area contributed by atoms with Crippen molar-refractivity contribution in [2.45, 2.75) is 12.8 Å². The van der Waals surface area contributed by atoms with Crippen molar-refractivity contribution in [3.05, 3.63) is 42.7 Å². The van der Waals surface area contributed by atoms with E-state index in [0.29, 0.717) is 25.2 Å². The number of carbonyl (C=O) groups is 3. The number of carbonyl (C=O) groups excluding carboxylic acids is 3. The number of amides is 3. The summed E-state index contributed by atoms with van der Waals surface area (Å²) in [5.41, 5.74) is 0.635. The molecule has 1 saturated heterocycles. The predicted octanol–water partition coefficient (Wildman–Crippen LogP) is 0.352. The van der Waals surface area contributed by atoms with Crippen LogP contribution in [0.2, 0.25) is 0 Å². The fourth-order valence-electron chi connectivity index (χ4n) is 2.58. The maximum Gasteiger partial charge on any atom is 0.309 e. The number of rotatable bonds is 5. The Morgan fingerprint density at radius 2 is 1.79 bits per heavy atom. The summed E-state index contributed by atoms with van der Waals surface area (Å²) in [6.07, 6.45) is 6.32. The Morgan fingerprint density at radius 3 is 2.42 bits per heavy atom. The number of likely N-dealkylation sites (tertiary alicyclic amines) is 1. The minimum Gasteiger partial charge on any atom is -0.348 e. The van der Waals surface area contributed by atoms with E-state index < -0.39 is 11.8 Å². The topological polar surface area (TPSA) is 91.4 Å². The molecule has 128 valence electrons. The van der Waals surface area contributed by atoms with Crippen molar-refractivity contribution in [3.8, 4) is 0 Å². The Hall–Kier alpha value is -2.70. The second kappa shape index (κ2) is 8.81. The van der Waals surface area contributed by atoms with Crippen LogP contribution in [0.15, 0.2) is 37.2 Å². The lowest BCUT2D eigenvalue weighted by Crippen LogP contribution is -2.44. The van der Waals surface area contributed by atoms with Gasteiger partial charge in [-0.15, -0.1) is 6.58 Å². The van der Waals surface area contributed by atoms with Crippen LogP contribution in [0.4, 0.5) is 0 Å². The third-order valence-electron chi connectivity index (χ3n) is 3.99. The van der Waals surface area contributed by atoms with E-state index in [1.54, 1.807) is 24.5 Å². The number of nitrogens with one attached hydrogen (secondary N) is 2. The summed E-state index contributed by atoms with van der Waals surface area (Å²) in [5.74, 6) is -1.02. The highest BCUT2D eigenvalue weighted by molar-refractivity contribution is 6.35. The summed E-state index contributed by atoms with van der Waals surface area (Å²) < 4.78 is 0. The van der Waals surface area contributed by atoms with E-state index in [4.69, 9.17) is 0 Å². The maximum absolute atomic E-state index is 12.3. The van der Waals surface area contributed by atoms with Gasteiger partial charge in [0, 0.05) is 44.1 Å². The Morgan fingerprint density at radius 1 is 1.17 bits per heavy atom. The van der Waals surface area contributed by atoms with Gasteiger partial charge in [-0.2, -0.15) is 0 Å². The zero-order chi connectivity index (χ0) is 17.4. The van der Waals surface area contributed by atoms with E-state index in [-0.39, 0.29) is 18.4 Å². The Kier molecular flexibility index (Phi) is 6.48. The van der Waals surface area contributed by atoms with E-state index in [9.17, 15) is 14.4 Å². The second-order valence-electron chi connectivity index (χ2n) is 5.68. The molecule has 0 bridgehead atoms. The van der Waals surface area contributed by atoms with Crippen molar-refractivity contribution < 1.29 is 14.4 Å². The zero-order valence-corrected chi connectivity index (χ0v) is 13.5. The van der Waals surface area contributed by atoms with Crippen LogP contribution < -0.4 is 10.6 Å². The number of nitrogens with zero attached hydrogens (tertiary/aromatic N) is 2. The van der Waals surface area contributed by atoms with Crippen LogP contribution in [0.3, 0.4) is 0 Å². The molecule has 1 aromatic heterocycles. The number of hydrogen-bond donors (Lipinski definition) is 2. The first-order valence-corrected chi connectivity index (χ1v) is 7.98. The smallest absolute Gasteiger partial charge is 0.309 e. The third kappa shape index (κ3) is 4.91. The normalized spacial score (nSPS) is 14.8. The lowest BCUT2D eigenvalue weighted by Gasteiger charge is -2.32. The molecule has 1 aliphatic heterocycles. The first kappa shape index (κ1) is 17.7. The highest BCUT2D eigenvalue weighted by atomic mass is 16.2. The molecule has 1 aliphatic rings. The van der Waals surface area contributed by atoms with Crippen molar-refractivity contribution in [2.75, 3.05) is 26.2 Å². The van der Waals surface area contributed by atoms with Crippen LogP contribution in [-0.2, 0) is 9.59 Å². The SMILES string of the molecule is C=CCNC(=O)C(=O)NCC1CCN(C(=O)c2ccncc2)CC1. The molecule has 24 heavy (non-hydrogen) atoms. The molecule has 0 spiro atoms. The summed E-state index contributed by atoms with van der Waals surface area (Å²) in [7, 11) is 0. The van der Waals surface area contributed by atoms with E-state index in [1.165, 1.54) is 6.08 Å². The van der Waals surface area contributed by atoms with E-state index in [0.717, 1.165) is 12.8 Å². The molecule has 0 saturated carbocycles. The zero-order valence-electron chi connectivity index (χ0n) is 13.5. The quantitative estimate of drug-likeness (QED) is 0.602. The molecule has 2 N–H and O–H groups in total. The minimum absolute atomic E-state index is 0.00342. The molecule has 0 unspecified atom stereocenters. The van der Waals surface area contributed by atoms with Gasteiger partial charge in [-0.1, -0.05) is 6.08 Å².